The van der Waals surface area contributed by atoms with Crippen molar-refractivity contribution in [1.29, 1.82) is 0 Å². The average Bonchev–Trinajstić information content (AvgIpc) is 2.40. The number of ether oxygens (including phenoxy) is 1. The summed E-state index contributed by atoms with van der Waals surface area (Å²) >= 11 is 0. The zero-order valence-corrected chi connectivity index (χ0v) is 11.6. The van der Waals surface area contributed by atoms with Crippen molar-refractivity contribution in [2.24, 2.45) is 0 Å². The number of carbonyl (C=O) groups excluding carboxylic acids is 1. The van der Waals surface area contributed by atoms with Crippen molar-refractivity contribution < 1.29 is 23.8 Å². The Labute approximate surface area is 121 Å². The number of hydrogen-bond donors (Lipinski definition) is 3. The predicted molar refractivity (Wildman–Crippen MR) is 74.0 cm³/mol. The third kappa shape index (κ3) is 3.49. The van der Waals surface area contributed by atoms with Crippen LogP contribution in [0.15, 0.2) is 18.2 Å². The molecule has 0 atom stereocenters. The SMILES string of the molecule is COC1(CNC(=O)Nc2ccc(F)c(C(=O)O)c2)CCC1. The summed E-state index contributed by atoms with van der Waals surface area (Å²) < 4.78 is 18.6. The second-order valence-electron chi connectivity index (χ2n) is 5.05. The van der Waals surface area contributed by atoms with E-state index in [-0.39, 0.29) is 11.3 Å². The number of hydrogen-bond acceptors (Lipinski definition) is 3. The maximum absolute atomic E-state index is 13.2. The first-order valence-corrected chi connectivity index (χ1v) is 6.59. The molecule has 0 aliphatic heterocycles. The van der Waals surface area contributed by atoms with Crippen LogP contribution in [-0.4, -0.2) is 36.4 Å². The first kappa shape index (κ1) is 15.2. The number of methoxy groups -OCH3 is 1. The molecule has 2 rings (SSSR count). The average molecular weight is 296 g/mol. The molecule has 1 aromatic carbocycles. The van der Waals surface area contributed by atoms with Gasteiger partial charge in [0.2, 0.25) is 0 Å². The zero-order chi connectivity index (χ0) is 15.5. The third-order valence-corrected chi connectivity index (χ3v) is 3.72. The van der Waals surface area contributed by atoms with E-state index in [0.29, 0.717) is 6.54 Å². The van der Waals surface area contributed by atoms with Crippen molar-refractivity contribution in [2.75, 3.05) is 19.0 Å². The van der Waals surface area contributed by atoms with Gasteiger partial charge in [-0.3, -0.25) is 0 Å². The van der Waals surface area contributed by atoms with E-state index >= 15 is 0 Å². The molecule has 21 heavy (non-hydrogen) atoms. The Balaban J connectivity index is 1.93. The minimum atomic E-state index is -1.38. The van der Waals surface area contributed by atoms with Gasteiger partial charge in [-0.2, -0.15) is 0 Å². The molecule has 0 unspecified atom stereocenters. The number of halogens is 1. The topological polar surface area (TPSA) is 87.7 Å². The summed E-state index contributed by atoms with van der Waals surface area (Å²) in [5, 5.41) is 14.0. The molecule has 0 heterocycles. The molecule has 0 bridgehead atoms. The summed E-state index contributed by atoms with van der Waals surface area (Å²) in [5.74, 6) is -2.23. The Hall–Kier alpha value is -2.15. The zero-order valence-electron chi connectivity index (χ0n) is 11.6. The van der Waals surface area contributed by atoms with Crippen LogP contribution in [0.2, 0.25) is 0 Å². The van der Waals surface area contributed by atoms with Crippen molar-refractivity contribution in [1.82, 2.24) is 5.32 Å². The number of nitrogens with one attached hydrogen (secondary N) is 2. The van der Waals surface area contributed by atoms with E-state index in [1.807, 2.05) is 0 Å². The highest BCUT2D eigenvalue weighted by molar-refractivity contribution is 5.93. The molecule has 1 fully saturated rings. The lowest BCUT2D eigenvalue weighted by atomic mass is 9.80. The fourth-order valence-corrected chi connectivity index (χ4v) is 2.21. The van der Waals surface area contributed by atoms with Crippen LogP contribution in [0.3, 0.4) is 0 Å². The van der Waals surface area contributed by atoms with Gasteiger partial charge in [-0.05, 0) is 37.5 Å². The molecule has 6 nitrogen and oxygen atoms in total. The Morgan fingerprint density at radius 1 is 1.43 bits per heavy atom. The molecule has 0 radical (unpaired) electrons. The molecule has 7 heteroatoms. The second-order valence-corrected chi connectivity index (χ2v) is 5.05. The van der Waals surface area contributed by atoms with Crippen LogP contribution >= 0.6 is 0 Å². The van der Waals surface area contributed by atoms with Crippen LogP contribution in [-0.2, 0) is 4.74 Å². The number of benzene rings is 1. The number of amides is 2. The Bertz CT molecular complexity index is 552. The fraction of sp³-hybridized carbons (Fsp3) is 0.429. The number of aromatic carboxylic acids is 1. The summed E-state index contributed by atoms with van der Waals surface area (Å²) in [7, 11) is 1.61. The van der Waals surface area contributed by atoms with Crippen molar-refractivity contribution >= 4 is 17.7 Å². The van der Waals surface area contributed by atoms with Gasteiger partial charge in [0.15, 0.2) is 0 Å². The highest BCUT2D eigenvalue weighted by Gasteiger charge is 2.37. The summed E-state index contributed by atoms with van der Waals surface area (Å²) in [5.41, 5.74) is -0.571. The van der Waals surface area contributed by atoms with E-state index < -0.39 is 23.4 Å². The smallest absolute Gasteiger partial charge is 0.338 e. The van der Waals surface area contributed by atoms with Gasteiger partial charge >= 0.3 is 12.0 Å². The van der Waals surface area contributed by atoms with E-state index in [1.165, 1.54) is 6.07 Å². The van der Waals surface area contributed by atoms with Crippen LogP contribution in [0.25, 0.3) is 0 Å². The molecule has 0 spiro atoms. The van der Waals surface area contributed by atoms with Crippen molar-refractivity contribution in [2.45, 2.75) is 24.9 Å². The number of carboxylic acid groups (broad SMARTS) is 1. The summed E-state index contributed by atoms with van der Waals surface area (Å²) in [6.45, 7) is 0.377. The largest absolute Gasteiger partial charge is 0.478 e. The van der Waals surface area contributed by atoms with Crippen molar-refractivity contribution in [3.8, 4) is 0 Å². The molecule has 114 valence electrons. The Morgan fingerprint density at radius 3 is 2.67 bits per heavy atom. The normalized spacial score (nSPS) is 15.9. The Morgan fingerprint density at radius 2 is 2.14 bits per heavy atom. The lowest BCUT2D eigenvalue weighted by Gasteiger charge is -2.40. The number of rotatable bonds is 5. The molecule has 3 N–H and O–H groups in total. The van der Waals surface area contributed by atoms with Gasteiger partial charge in [-0.1, -0.05) is 0 Å². The van der Waals surface area contributed by atoms with Crippen molar-refractivity contribution in [3.05, 3.63) is 29.6 Å². The van der Waals surface area contributed by atoms with Crippen LogP contribution < -0.4 is 10.6 Å². The summed E-state index contributed by atoms with van der Waals surface area (Å²) in [6.07, 6.45) is 2.85. The number of carbonyl (C=O) groups is 2. The lowest BCUT2D eigenvalue weighted by molar-refractivity contribution is -0.0671. The van der Waals surface area contributed by atoms with Crippen LogP contribution in [0, 0.1) is 5.82 Å². The van der Waals surface area contributed by atoms with Gasteiger partial charge in [0.1, 0.15) is 5.82 Å². The maximum Gasteiger partial charge on any atom is 0.338 e. The molecule has 2 amide bonds. The minimum absolute atomic E-state index is 0.214. The first-order valence-electron chi connectivity index (χ1n) is 6.59. The molecular weight excluding hydrogens is 279 g/mol. The second kappa shape index (κ2) is 6.09. The number of urea groups is 1. The van der Waals surface area contributed by atoms with Gasteiger partial charge < -0.3 is 20.5 Å². The molecule has 0 saturated heterocycles. The molecular formula is C14H17FN2O4. The Kier molecular flexibility index (Phi) is 4.42. The van der Waals surface area contributed by atoms with E-state index in [4.69, 9.17) is 9.84 Å². The molecule has 1 aromatic rings. The molecule has 1 saturated carbocycles. The monoisotopic (exact) mass is 296 g/mol. The first-order chi connectivity index (χ1) is 9.96. The van der Waals surface area contributed by atoms with Gasteiger partial charge in [0.25, 0.3) is 0 Å². The van der Waals surface area contributed by atoms with E-state index in [2.05, 4.69) is 10.6 Å². The third-order valence-electron chi connectivity index (χ3n) is 3.72. The van der Waals surface area contributed by atoms with Crippen LogP contribution in [0.1, 0.15) is 29.6 Å². The van der Waals surface area contributed by atoms with Crippen molar-refractivity contribution in [3.63, 3.8) is 0 Å². The molecule has 1 aliphatic carbocycles. The quantitative estimate of drug-likeness (QED) is 0.777. The maximum atomic E-state index is 13.2. The molecule has 0 aromatic heterocycles. The van der Waals surface area contributed by atoms with Gasteiger partial charge in [-0.25, -0.2) is 14.0 Å². The standard InChI is InChI=1S/C14H17FN2O4/c1-21-14(5-2-6-14)8-16-13(20)17-9-3-4-11(15)10(7-9)12(18)19/h3-4,7H,2,5-6,8H2,1H3,(H,18,19)(H2,16,17,20). The van der Waals surface area contributed by atoms with Crippen LogP contribution in [0.4, 0.5) is 14.9 Å². The number of carboxylic acids is 1. The highest BCUT2D eigenvalue weighted by atomic mass is 19.1. The van der Waals surface area contributed by atoms with Gasteiger partial charge in [-0.15, -0.1) is 0 Å². The van der Waals surface area contributed by atoms with Gasteiger partial charge in [0, 0.05) is 19.3 Å². The highest BCUT2D eigenvalue weighted by Crippen LogP contribution is 2.34. The molecule has 1 aliphatic rings. The predicted octanol–water partition coefficient (Wildman–Crippen LogP) is 2.21. The number of anilines is 1. The van der Waals surface area contributed by atoms with E-state index in [1.54, 1.807) is 7.11 Å². The fourth-order valence-electron chi connectivity index (χ4n) is 2.21. The summed E-state index contributed by atoms with van der Waals surface area (Å²) in [6, 6.07) is 2.90. The van der Waals surface area contributed by atoms with E-state index in [9.17, 15) is 14.0 Å². The van der Waals surface area contributed by atoms with Gasteiger partial charge in [0.05, 0.1) is 11.2 Å². The lowest BCUT2D eigenvalue weighted by Crippen LogP contribution is -2.50. The minimum Gasteiger partial charge on any atom is -0.478 e. The van der Waals surface area contributed by atoms with E-state index in [0.717, 1.165) is 31.4 Å². The van der Waals surface area contributed by atoms with Crippen LogP contribution in [0.5, 0.6) is 0 Å². The summed E-state index contributed by atoms with van der Waals surface area (Å²) in [4.78, 5) is 22.6.